The molecule has 0 amide bonds. The molecule has 0 aliphatic heterocycles. The predicted molar refractivity (Wildman–Crippen MR) is 97.0 cm³/mol. The highest BCUT2D eigenvalue weighted by molar-refractivity contribution is 7.89. The molecule has 1 aliphatic carbocycles. The molecule has 4 rings (SSSR count). The van der Waals surface area contributed by atoms with E-state index in [4.69, 9.17) is 5.73 Å². The molecule has 1 aromatic carbocycles. The van der Waals surface area contributed by atoms with Gasteiger partial charge in [-0.05, 0) is 44.0 Å². The number of benzene rings is 1. The number of aromatic nitrogens is 2. The monoisotopic (exact) mass is 360 g/mol. The van der Waals surface area contributed by atoms with Crippen molar-refractivity contribution in [2.24, 2.45) is 5.73 Å². The summed E-state index contributed by atoms with van der Waals surface area (Å²) in [6.45, 7) is 2.11. The van der Waals surface area contributed by atoms with Crippen molar-refractivity contribution in [1.82, 2.24) is 14.3 Å². The number of H-pyrrole nitrogens is 2. The third kappa shape index (κ3) is 2.76. The lowest BCUT2D eigenvalue weighted by Gasteiger charge is -2.23. The Kier molecular flexibility index (Phi) is 3.71. The molecule has 4 N–H and O–H groups in total. The summed E-state index contributed by atoms with van der Waals surface area (Å²) in [4.78, 5) is 17.9. The lowest BCUT2D eigenvalue weighted by atomic mass is 10.1. The maximum absolute atomic E-state index is 13.1. The second kappa shape index (κ2) is 5.69. The zero-order chi connectivity index (χ0) is 17.8. The SMILES string of the molecule is C[C@H](N)CN(C1CC1)S(=O)(=O)c1ccc2[nH]c(=O)c3[nH]ccc3c2c1. The Morgan fingerprint density at radius 1 is 1.28 bits per heavy atom. The maximum Gasteiger partial charge on any atom is 0.272 e. The quantitative estimate of drug-likeness (QED) is 0.640. The van der Waals surface area contributed by atoms with Crippen LogP contribution in [0.5, 0.6) is 0 Å². The van der Waals surface area contributed by atoms with Gasteiger partial charge in [0.25, 0.3) is 5.56 Å². The van der Waals surface area contributed by atoms with Gasteiger partial charge < -0.3 is 15.7 Å². The third-order valence-corrected chi connectivity index (χ3v) is 6.45. The van der Waals surface area contributed by atoms with Crippen LogP contribution < -0.4 is 11.3 Å². The van der Waals surface area contributed by atoms with Gasteiger partial charge in [0.2, 0.25) is 10.0 Å². The van der Waals surface area contributed by atoms with Gasteiger partial charge in [0.05, 0.1) is 4.90 Å². The Labute approximate surface area is 144 Å². The van der Waals surface area contributed by atoms with E-state index in [2.05, 4.69) is 9.97 Å². The fourth-order valence-electron chi connectivity index (χ4n) is 3.21. The average molecular weight is 360 g/mol. The molecule has 1 saturated carbocycles. The van der Waals surface area contributed by atoms with Crippen LogP contribution in [0, 0.1) is 0 Å². The molecule has 0 unspecified atom stereocenters. The van der Waals surface area contributed by atoms with E-state index in [1.54, 1.807) is 37.4 Å². The number of nitrogens with zero attached hydrogens (tertiary/aromatic N) is 1. The number of hydrogen-bond acceptors (Lipinski definition) is 4. The van der Waals surface area contributed by atoms with Crippen molar-refractivity contribution in [2.45, 2.75) is 36.7 Å². The normalized spacial score (nSPS) is 16.8. The van der Waals surface area contributed by atoms with Crippen molar-refractivity contribution in [3.8, 4) is 0 Å². The summed E-state index contributed by atoms with van der Waals surface area (Å²) in [5.74, 6) is 0. The number of aromatic amines is 2. The van der Waals surface area contributed by atoms with Crippen LogP contribution in [0.1, 0.15) is 19.8 Å². The molecule has 1 aliphatic rings. The Morgan fingerprint density at radius 3 is 2.72 bits per heavy atom. The van der Waals surface area contributed by atoms with Gasteiger partial charge in [0.1, 0.15) is 5.52 Å². The van der Waals surface area contributed by atoms with E-state index in [1.165, 1.54) is 4.31 Å². The van der Waals surface area contributed by atoms with Crippen LogP contribution in [0.15, 0.2) is 40.2 Å². The van der Waals surface area contributed by atoms with Crippen LogP contribution >= 0.6 is 0 Å². The highest BCUT2D eigenvalue weighted by Crippen LogP contribution is 2.33. The number of nitrogens with two attached hydrogens (primary N) is 1. The fraction of sp³-hybridized carbons (Fsp3) is 0.353. The maximum atomic E-state index is 13.1. The van der Waals surface area contributed by atoms with Crippen molar-refractivity contribution in [2.75, 3.05) is 6.54 Å². The van der Waals surface area contributed by atoms with Crippen LogP contribution in [0.3, 0.4) is 0 Å². The van der Waals surface area contributed by atoms with E-state index >= 15 is 0 Å². The zero-order valence-corrected chi connectivity index (χ0v) is 14.6. The number of pyridine rings is 1. The summed E-state index contributed by atoms with van der Waals surface area (Å²) >= 11 is 0. The van der Waals surface area contributed by atoms with Gasteiger partial charge in [-0.15, -0.1) is 0 Å². The molecule has 0 bridgehead atoms. The van der Waals surface area contributed by atoms with Crippen LogP contribution in [0.4, 0.5) is 0 Å². The summed E-state index contributed by atoms with van der Waals surface area (Å²) in [5.41, 5.74) is 6.68. The topological polar surface area (TPSA) is 112 Å². The molecule has 3 aromatic rings. The minimum absolute atomic E-state index is 0.0366. The Bertz CT molecular complexity index is 1110. The van der Waals surface area contributed by atoms with E-state index in [1.807, 2.05) is 0 Å². The van der Waals surface area contributed by atoms with Gasteiger partial charge in [0.15, 0.2) is 0 Å². The fourth-order valence-corrected chi connectivity index (χ4v) is 5.02. The molecule has 132 valence electrons. The summed E-state index contributed by atoms with van der Waals surface area (Å²) in [5, 5.41) is 1.41. The molecule has 0 radical (unpaired) electrons. The van der Waals surface area contributed by atoms with Gasteiger partial charge in [-0.2, -0.15) is 4.31 Å². The largest absolute Gasteiger partial charge is 0.357 e. The lowest BCUT2D eigenvalue weighted by molar-refractivity contribution is 0.383. The average Bonchev–Trinajstić information content (AvgIpc) is 3.27. The first kappa shape index (κ1) is 16.3. The third-order valence-electron chi connectivity index (χ3n) is 4.53. The summed E-state index contributed by atoms with van der Waals surface area (Å²) < 4.78 is 27.8. The minimum atomic E-state index is -3.64. The van der Waals surface area contributed by atoms with Crippen molar-refractivity contribution in [3.05, 3.63) is 40.8 Å². The number of fused-ring (bicyclic) bond motifs is 3. The standard InChI is InChI=1S/C17H20N4O3S/c1-10(18)9-21(11-2-3-11)25(23,24)12-4-5-15-14(8-12)13-6-7-19-16(13)17(22)20-15/h4-8,10-11,19H,2-3,9,18H2,1H3,(H,20,22)/t10-/m0/s1. The molecule has 25 heavy (non-hydrogen) atoms. The number of rotatable bonds is 5. The van der Waals surface area contributed by atoms with Crippen LogP contribution in [0.25, 0.3) is 21.8 Å². The lowest BCUT2D eigenvalue weighted by Crippen LogP contribution is -2.41. The van der Waals surface area contributed by atoms with Crippen LogP contribution in [0.2, 0.25) is 0 Å². The Morgan fingerprint density at radius 2 is 2.04 bits per heavy atom. The summed E-state index contributed by atoms with van der Waals surface area (Å²) in [6.07, 6.45) is 3.41. The van der Waals surface area contributed by atoms with Gasteiger partial charge in [0, 0.05) is 41.1 Å². The molecule has 7 nitrogen and oxygen atoms in total. The van der Waals surface area contributed by atoms with Crippen molar-refractivity contribution >= 4 is 31.8 Å². The van der Waals surface area contributed by atoms with E-state index in [-0.39, 0.29) is 22.5 Å². The molecule has 1 fully saturated rings. The highest BCUT2D eigenvalue weighted by atomic mass is 32.2. The van der Waals surface area contributed by atoms with Crippen LogP contribution in [-0.4, -0.2) is 41.3 Å². The second-order valence-corrected chi connectivity index (χ2v) is 8.60. The molecule has 0 spiro atoms. The Balaban J connectivity index is 1.88. The molecule has 2 aromatic heterocycles. The van der Waals surface area contributed by atoms with E-state index < -0.39 is 10.0 Å². The first-order valence-corrected chi connectivity index (χ1v) is 9.72. The first-order valence-electron chi connectivity index (χ1n) is 8.28. The van der Waals surface area contributed by atoms with Crippen LogP contribution in [-0.2, 0) is 10.0 Å². The molecular formula is C17H20N4O3S. The summed E-state index contributed by atoms with van der Waals surface area (Å²) in [7, 11) is -3.64. The van der Waals surface area contributed by atoms with Crippen molar-refractivity contribution < 1.29 is 8.42 Å². The van der Waals surface area contributed by atoms with Gasteiger partial charge >= 0.3 is 0 Å². The number of hydrogen-bond donors (Lipinski definition) is 3. The smallest absolute Gasteiger partial charge is 0.272 e. The summed E-state index contributed by atoms with van der Waals surface area (Å²) in [6, 6.07) is 6.41. The van der Waals surface area contributed by atoms with E-state index in [0.717, 1.165) is 12.8 Å². The number of nitrogens with one attached hydrogen (secondary N) is 2. The molecule has 2 heterocycles. The highest BCUT2D eigenvalue weighted by Gasteiger charge is 2.38. The number of sulfonamides is 1. The van der Waals surface area contributed by atoms with Crippen molar-refractivity contribution in [1.29, 1.82) is 0 Å². The molecular weight excluding hydrogens is 340 g/mol. The minimum Gasteiger partial charge on any atom is -0.357 e. The predicted octanol–water partition coefficient (Wildman–Crippen LogP) is 1.51. The van der Waals surface area contributed by atoms with E-state index in [0.29, 0.717) is 28.4 Å². The molecule has 8 heteroatoms. The second-order valence-electron chi connectivity index (χ2n) is 6.71. The molecule has 0 saturated heterocycles. The Hall–Kier alpha value is -2.16. The van der Waals surface area contributed by atoms with Crippen molar-refractivity contribution in [3.63, 3.8) is 0 Å². The van der Waals surface area contributed by atoms with Gasteiger partial charge in [-0.1, -0.05) is 0 Å². The van der Waals surface area contributed by atoms with E-state index in [9.17, 15) is 13.2 Å². The zero-order valence-electron chi connectivity index (χ0n) is 13.8. The van der Waals surface area contributed by atoms with Gasteiger partial charge in [-0.3, -0.25) is 4.79 Å². The molecule has 1 atom stereocenters. The first-order chi connectivity index (χ1) is 11.9. The van der Waals surface area contributed by atoms with Gasteiger partial charge in [-0.25, -0.2) is 8.42 Å².